The summed E-state index contributed by atoms with van der Waals surface area (Å²) in [5, 5.41) is 19.7. The second-order valence-electron chi connectivity index (χ2n) is 3.09. The van der Waals surface area contributed by atoms with Crippen molar-refractivity contribution in [3.63, 3.8) is 0 Å². The molecule has 1 aromatic heterocycles. The Kier molecular flexibility index (Phi) is 2.11. The quantitative estimate of drug-likeness (QED) is 0.706. The number of hydroxylamine groups is 2. The van der Waals surface area contributed by atoms with Gasteiger partial charge in [-0.2, -0.15) is 5.06 Å². The molecule has 1 aromatic carbocycles. The summed E-state index contributed by atoms with van der Waals surface area (Å²) in [5.74, 6) is 0.0286. The molecule has 74 valence electrons. The molecule has 0 fully saturated rings. The predicted octanol–water partition coefficient (Wildman–Crippen LogP) is 1.35. The van der Waals surface area contributed by atoms with Crippen LogP contribution in [0.5, 0.6) is 5.75 Å². The van der Waals surface area contributed by atoms with Crippen molar-refractivity contribution in [3.05, 3.63) is 24.1 Å². The number of hydrogen-bond acceptors (Lipinski definition) is 5. The Labute approximate surface area is 80.2 Å². The lowest BCUT2D eigenvalue weighted by Gasteiger charge is -2.08. The number of nitrogens with zero attached hydrogens (tertiary/aromatic N) is 2. The van der Waals surface area contributed by atoms with Crippen molar-refractivity contribution in [3.8, 4) is 5.75 Å². The van der Waals surface area contributed by atoms with Gasteiger partial charge in [0.1, 0.15) is 5.52 Å². The molecule has 0 spiro atoms. The molecule has 0 aliphatic rings. The maximum absolute atomic E-state index is 9.72. The van der Waals surface area contributed by atoms with E-state index in [4.69, 9.17) is 9.62 Å². The Hall–Kier alpha value is -1.59. The van der Waals surface area contributed by atoms with E-state index in [2.05, 4.69) is 4.98 Å². The maximum atomic E-state index is 9.72. The Bertz CT molecular complexity index is 450. The Morgan fingerprint density at radius 2 is 2.29 bits per heavy atom. The zero-order valence-corrected chi connectivity index (χ0v) is 7.64. The SMILES string of the molecule is CN(O)Cc1ccc2ncoc2c1O. The standard InChI is InChI=1S/C9H10N2O3/c1-11(13)4-6-2-3-7-9(8(6)12)14-5-10-7/h2-3,5,12-13H,4H2,1H3. The van der Waals surface area contributed by atoms with Crippen molar-refractivity contribution in [2.75, 3.05) is 7.05 Å². The van der Waals surface area contributed by atoms with E-state index in [1.54, 1.807) is 12.1 Å². The summed E-state index contributed by atoms with van der Waals surface area (Å²) < 4.78 is 5.01. The number of phenolic OH excluding ortho intramolecular Hbond substituents is 1. The molecular weight excluding hydrogens is 184 g/mol. The van der Waals surface area contributed by atoms with Crippen molar-refractivity contribution in [1.29, 1.82) is 0 Å². The van der Waals surface area contributed by atoms with Gasteiger partial charge in [0.05, 0.1) is 6.54 Å². The number of aromatic nitrogens is 1. The van der Waals surface area contributed by atoms with Gasteiger partial charge in [0.25, 0.3) is 0 Å². The van der Waals surface area contributed by atoms with Crippen LogP contribution in [0, 0.1) is 0 Å². The molecule has 1 heterocycles. The molecule has 2 aromatic rings. The summed E-state index contributed by atoms with van der Waals surface area (Å²) in [5.41, 5.74) is 1.55. The number of oxazole rings is 1. The maximum Gasteiger partial charge on any atom is 0.196 e. The van der Waals surface area contributed by atoms with E-state index < -0.39 is 0 Å². The minimum absolute atomic E-state index is 0.0286. The zero-order valence-electron chi connectivity index (χ0n) is 7.64. The lowest BCUT2D eigenvalue weighted by atomic mass is 10.2. The van der Waals surface area contributed by atoms with Crippen molar-refractivity contribution in [2.24, 2.45) is 0 Å². The number of hydrogen-bond donors (Lipinski definition) is 2. The average Bonchev–Trinajstić information content (AvgIpc) is 2.57. The summed E-state index contributed by atoms with van der Waals surface area (Å²) in [6, 6.07) is 3.43. The molecule has 14 heavy (non-hydrogen) atoms. The molecule has 0 amide bonds. The van der Waals surface area contributed by atoms with Crippen LogP contribution in [0.4, 0.5) is 0 Å². The lowest BCUT2D eigenvalue weighted by Crippen LogP contribution is -2.11. The summed E-state index contributed by atoms with van der Waals surface area (Å²) in [6.45, 7) is 0.239. The summed E-state index contributed by atoms with van der Waals surface area (Å²) in [4.78, 5) is 3.90. The molecule has 5 heteroatoms. The van der Waals surface area contributed by atoms with Crippen molar-refractivity contribution in [1.82, 2.24) is 10.0 Å². The van der Waals surface area contributed by atoms with E-state index in [-0.39, 0.29) is 12.3 Å². The molecule has 0 aliphatic carbocycles. The number of phenols is 1. The average molecular weight is 194 g/mol. The highest BCUT2D eigenvalue weighted by molar-refractivity contribution is 5.80. The third kappa shape index (κ3) is 1.43. The second kappa shape index (κ2) is 3.28. The van der Waals surface area contributed by atoms with E-state index in [0.717, 1.165) is 5.06 Å². The Morgan fingerprint density at radius 3 is 3.00 bits per heavy atom. The molecule has 0 atom stereocenters. The zero-order chi connectivity index (χ0) is 10.1. The molecule has 0 bridgehead atoms. The van der Waals surface area contributed by atoms with Gasteiger partial charge in [0.2, 0.25) is 0 Å². The van der Waals surface area contributed by atoms with Crippen LogP contribution in [0.3, 0.4) is 0 Å². The second-order valence-corrected chi connectivity index (χ2v) is 3.09. The van der Waals surface area contributed by atoms with Crippen LogP contribution in [0.1, 0.15) is 5.56 Å². The molecule has 0 unspecified atom stereocenters. The van der Waals surface area contributed by atoms with Crippen LogP contribution in [-0.2, 0) is 6.54 Å². The van der Waals surface area contributed by atoms with E-state index in [9.17, 15) is 5.11 Å². The molecule has 0 saturated carbocycles. The Morgan fingerprint density at radius 1 is 1.50 bits per heavy atom. The van der Waals surface area contributed by atoms with Crippen molar-refractivity contribution < 1.29 is 14.7 Å². The van der Waals surface area contributed by atoms with E-state index in [1.165, 1.54) is 13.4 Å². The number of aromatic hydroxyl groups is 1. The van der Waals surface area contributed by atoms with Crippen LogP contribution in [0.15, 0.2) is 22.9 Å². The van der Waals surface area contributed by atoms with Gasteiger partial charge >= 0.3 is 0 Å². The van der Waals surface area contributed by atoms with Gasteiger partial charge in [0.15, 0.2) is 17.7 Å². The highest BCUT2D eigenvalue weighted by Gasteiger charge is 2.10. The minimum atomic E-state index is 0.0286. The van der Waals surface area contributed by atoms with Crippen LogP contribution in [0.2, 0.25) is 0 Å². The third-order valence-electron chi connectivity index (χ3n) is 1.96. The predicted molar refractivity (Wildman–Crippen MR) is 48.9 cm³/mol. The van der Waals surface area contributed by atoms with Crippen LogP contribution < -0.4 is 0 Å². The molecule has 5 nitrogen and oxygen atoms in total. The molecular formula is C9H10N2O3. The highest BCUT2D eigenvalue weighted by Crippen LogP contribution is 2.28. The first kappa shape index (κ1) is 8.98. The molecule has 2 rings (SSSR count). The number of benzene rings is 1. The lowest BCUT2D eigenvalue weighted by molar-refractivity contribution is -0.0735. The summed E-state index contributed by atoms with van der Waals surface area (Å²) in [6.07, 6.45) is 1.27. The van der Waals surface area contributed by atoms with E-state index in [1.807, 2.05) is 0 Å². The van der Waals surface area contributed by atoms with Crippen molar-refractivity contribution in [2.45, 2.75) is 6.54 Å². The molecule has 2 N–H and O–H groups in total. The van der Waals surface area contributed by atoms with Gasteiger partial charge in [-0.1, -0.05) is 6.07 Å². The fourth-order valence-corrected chi connectivity index (χ4v) is 1.33. The Balaban J connectivity index is 2.51. The topological polar surface area (TPSA) is 69.7 Å². The smallest absolute Gasteiger partial charge is 0.196 e. The fourth-order valence-electron chi connectivity index (χ4n) is 1.33. The van der Waals surface area contributed by atoms with Gasteiger partial charge in [-0.3, -0.25) is 0 Å². The van der Waals surface area contributed by atoms with Crippen LogP contribution in [0.25, 0.3) is 11.1 Å². The molecule has 0 saturated heterocycles. The third-order valence-corrected chi connectivity index (χ3v) is 1.96. The van der Waals surface area contributed by atoms with Gasteiger partial charge in [-0.05, 0) is 6.07 Å². The minimum Gasteiger partial charge on any atom is -0.504 e. The van der Waals surface area contributed by atoms with Gasteiger partial charge in [-0.15, -0.1) is 0 Å². The van der Waals surface area contributed by atoms with Crippen LogP contribution >= 0.6 is 0 Å². The normalized spacial score (nSPS) is 11.4. The highest BCUT2D eigenvalue weighted by atomic mass is 16.5. The fraction of sp³-hybridized carbons (Fsp3) is 0.222. The van der Waals surface area contributed by atoms with E-state index >= 15 is 0 Å². The van der Waals surface area contributed by atoms with Crippen LogP contribution in [-0.4, -0.2) is 27.4 Å². The number of rotatable bonds is 2. The van der Waals surface area contributed by atoms with Gasteiger partial charge < -0.3 is 14.7 Å². The molecule has 0 radical (unpaired) electrons. The summed E-state index contributed by atoms with van der Waals surface area (Å²) >= 11 is 0. The molecule has 0 aliphatic heterocycles. The monoisotopic (exact) mass is 194 g/mol. The van der Waals surface area contributed by atoms with E-state index in [0.29, 0.717) is 16.7 Å². The first-order valence-corrected chi connectivity index (χ1v) is 4.12. The first-order chi connectivity index (χ1) is 6.68. The summed E-state index contributed by atoms with van der Waals surface area (Å²) in [7, 11) is 1.50. The van der Waals surface area contributed by atoms with Gasteiger partial charge in [0, 0.05) is 12.6 Å². The van der Waals surface area contributed by atoms with Gasteiger partial charge in [-0.25, -0.2) is 4.98 Å². The number of fused-ring (bicyclic) bond motifs is 1. The largest absolute Gasteiger partial charge is 0.504 e. The first-order valence-electron chi connectivity index (χ1n) is 4.12. The van der Waals surface area contributed by atoms with Crippen molar-refractivity contribution >= 4 is 11.1 Å².